The molecule has 0 bridgehead atoms. The summed E-state index contributed by atoms with van der Waals surface area (Å²) in [6, 6.07) is 4.38. The predicted molar refractivity (Wildman–Crippen MR) is 97.2 cm³/mol. The maximum atomic E-state index is 14.4. The fraction of sp³-hybridized carbons (Fsp3) is 0.300. The number of halogens is 4. The third kappa shape index (κ3) is 2.98. The summed E-state index contributed by atoms with van der Waals surface area (Å²) in [6.07, 6.45) is 0.261. The van der Waals surface area contributed by atoms with Crippen molar-refractivity contribution in [2.45, 2.75) is 19.1 Å². The van der Waals surface area contributed by atoms with Gasteiger partial charge in [0.1, 0.15) is 17.4 Å². The number of nitrogens with zero attached hydrogens (tertiary/aromatic N) is 2. The highest BCUT2D eigenvalue weighted by Crippen LogP contribution is 2.50. The van der Waals surface area contributed by atoms with Crippen LogP contribution in [0.3, 0.4) is 0 Å². The van der Waals surface area contributed by atoms with Gasteiger partial charge in [-0.2, -0.15) is 5.01 Å². The number of hydrogen-bond donors (Lipinski definition) is 1. The molecule has 2 aliphatic rings. The molecule has 0 aromatic heterocycles. The molecule has 0 fully saturated rings. The van der Waals surface area contributed by atoms with Crippen LogP contribution in [0, 0.1) is 29.2 Å². The minimum atomic E-state index is -1.76. The van der Waals surface area contributed by atoms with Crippen molar-refractivity contribution in [3.05, 3.63) is 64.7 Å². The molecule has 1 spiro atoms. The first-order valence-corrected chi connectivity index (χ1v) is 9.14. The first-order valence-electron chi connectivity index (χ1n) is 9.14. The number of carbonyl (C=O) groups is 1. The Morgan fingerprint density at radius 1 is 1.20 bits per heavy atom. The average molecular weight is 423 g/mol. The minimum Gasteiger partial charge on any atom is -0.492 e. The van der Waals surface area contributed by atoms with E-state index in [1.807, 2.05) is 0 Å². The van der Waals surface area contributed by atoms with Gasteiger partial charge in [-0.1, -0.05) is 0 Å². The molecular formula is C20H17F4N3O3. The van der Waals surface area contributed by atoms with Gasteiger partial charge in [0.2, 0.25) is 17.5 Å². The standard InChI is InChI=1S/C20H17F4N3O3/c1-10(28)27-20(30-19(26-27)13-6-12(21)2-3-15(13)22)11(4-5-25)9-29-18-8-17(24)16(23)7-14(18)20/h2-3,6-8,11H,4-5,9,25H2,1H3. The smallest absolute Gasteiger partial charge is 0.244 e. The largest absolute Gasteiger partial charge is 0.492 e. The van der Waals surface area contributed by atoms with Crippen LogP contribution in [0.2, 0.25) is 0 Å². The number of fused-ring (bicyclic) bond motifs is 2. The summed E-state index contributed by atoms with van der Waals surface area (Å²) in [4.78, 5) is 12.5. The SMILES string of the molecule is CC(=O)N1N=C(c2cc(F)ccc2F)OC12c1cc(F)c(F)cc1OCC2CCN. The molecule has 158 valence electrons. The van der Waals surface area contributed by atoms with E-state index in [2.05, 4.69) is 5.10 Å². The van der Waals surface area contributed by atoms with Crippen LogP contribution in [0.25, 0.3) is 0 Å². The summed E-state index contributed by atoms with van der Waals surface area (Å²) in [5.41, 5.74) is 3.62. The van der Waals surface area contributed by atoms with Crippen molar-refractivity contribution >= 4 is 11.8 Å². The molecule has 1 amide bonds. The lowest BCUT2D eigenvalue weighted by atomic mass is 9.83. The van der Waals surface area contributed by atoms with E-state index in [9.17, 15) is 22.4 Å². The van der Waals surface area contributed by atoms with Crippen molar-refractivity contribution in [1.82, 2.24) is 5.01 Å². The van der Waals surface area contributed by atoms with Gasteiger partial charge in [-0.15, -0.1) is 5.10 Å². The Bertz CT molecular complexity index is 1060. The zero-order chi connectivity index (χ0) is 21.6. The summed E-state index contributed by atoms with van der Waals surface area (Å²) in [6.45, 7) is 1.30. The molecule has 10 heteroatoms. The fourth-order valence-electron chi connectivity index (χ4n) is 3.81. The summed E-state index contributed by atoms with van der Waals surface area (Å²) in [7, 11) is 0. The third-order valence-electron chi connectivity index (χ3n) is 5.13. The minimum absolute atomic E-state index is 0.00291. The molecule has 2 aromatic carbocycles. The quantitative estimate of drug-likeness (QED) is 0.771. The molecule has 0 saturated heterocycles. The molecule has 0 saturated carbocycles. The summed E-state index contributed by atoms with van der Waals surface area (Å²) >= 11 is 0. The van der Waals surface area contributed by atoms with E-state index < -0.39 is 40.8 Å². The van der Waals surface area contributed by atoms with Crippen molar-refractivity contribution < 1.29 is 31.8 Å². The zero-order valence-corrected chi connectivity index (χ0v) is 15.8. The van der Waals surface area contributed by atoms with Gasteiger partial charge >= 0.3 is 0 Å². The van der Waals surface area contributed by atoms with Crippen molar-refractivity contribution in [3.8, 4) is 5.75 Å². The predicted octanol–water partition coefficient (Wildman–Crippen LogP) is 2.99. The Morgan fingerprint density at radius 3 is 2.63 bits per heavy atom. The molecule has 2 N–H and O–H groups in total. The molecule has 4 rings (SSSR count). The molecule has 2 unspecified atom stereocenters. The van der Waals surface area contributed by atoms with Gasteiger partial charge in [0.15, 0.2) is 11.6 Å². The summed E-state index contributed by atoms with van der Waals surface area (Å²) in [5.74, 6) is -5.60. The number of amides is 1. The molecule has 0 radical (unpaired) electrons. The highest BCUT2D eigenvalue weighted by atomic mass is 19.2. The van der Waals surface area contributed by atoms with Crippen LogP contribution in [0.1, 0.15) is 24.5 Å². The van der Waals surface area contributed by atoms with Crippen LogP contribution in [0.15, 0.2) is 35.4 Å². The highest BCUT2D eigenvalue weighted by molar-refractivity contribution is 5.97. The molecule has 0 aliphatic carbocycles. The number of carbonyl (C=O) groups excluding carboxylic acids is 1. The molecule has 2 heterocycles. The summed E-state index contributed by atoms with van der Waals surface area (Å²) in [5, 5.41) is 5.00. The number of ether oxygens (including phenoxy) is 2. The number of hydrazone groups is 1. The Labute approximate surface area is 168 Å². The normalized spacial score (nSPS) is 22.4. The van der Waals surface area contributed by atoms with Gasteiger partial charge in [-0.3, -0.25) is 4.79 Å². The maximum absolute atomic E-state index is 14.4. The van der Waals surface area contributed by atoms with E-state index in [4.69, 9.17) is 15.2 Å². The lowest BCUT2D eigenvalue weighted by molar-refractivity contribution is -0.168. The van der Waals surface area contributed by atoms with Crippen LogP contribution in [0.5, 0.6) is 5.75 Å². The molecule has 2 aromatic rings. The Morgan fingerprint density at radius 2 is 1.93 bits per heavy atom. The Balaban J connectivity index is 1.93. The van der Waals surface area contributed by atoms with E-state index in [0.717, 1.165) is 35.3 Å². The van der Waals surface area contributed by atoms with Gasteiger partial charge < -0.3 is 15.2 Å². The van der Waals surface area contributed by atoms with E-state index in [0.29, 0.717) is 0 Å². The zero-order valence-electron chi connectivity index (χ0n) is 15.8. The lowest BCUT2D eigenvalue weighted by Gasteiger charge is -2.44. The van der Waals surface area contributed by atoms with Gasteiger partial charge in [0.25, 0.3) is 0 Å². The van der Waals surface area contributed by atoms with E-state index in [1.165, 1.54) is 6.92 Å². The van der Waals surface area contributed by atoms with Crippen LogP contribution in [0.4, 0.5) is 17.6 Å². The Hall–Kier alpha value is -3.14. The molecule has 30 heavy (non-hydrogen) atoms. The van der Waals surface area contributed by atoms with Crippen LogP contribution in [-0.2, 0) is 15.3 Å². The second kappa shape index (κ2) is 7.28. The number of rotatable bonds is 3. The molecule has 2 atom stereocenters. The molecule has 2 aliphatic heterocycles. The third-order valence-corrected chi connectivity index (χ3v) is 5.13. The van der Waals surface area contributed by atoms with Gasteiger partial charge in [-0.05, 0) is 37.2 Å². The van der Waals surface area contributed by atoms with Gasteiger partial charge in [-0.25, -0.2) is 17.6 Å². The van der Waals surface area contributed by atoms with Crippen molar-refractivity contribution in [1.29, 1.82) is 0 Å². The molecular weight excluding hydrogens is 406 g/mol. The van der Waals surface area contributed by atoms with Crippen molar-refractivity contribution in [3.63, 3.8) is 0 Å². The van der Waals surface area contributed by atoms with Crippen LogP contribution < -0.4 is 10.5 Å². The van der Waals surface area contributed by atoms with Crippen molar-refractivity contribution in [2.75, 3.05) is 13.2 Å². The summed E-state index contributed by atoms with van der Waals surface area (Å²) < 4.78 is 67.6. The topological polar surface area (TPSA) is 77.2 Å². The van der Waals surface area contributed by atoms with Crippen LogP contribution >= 0.6 is 0 Å². The first kappa shape index (κ1) is 20.1. The Kier molecular flexibility index (Phi) is 4.89. The average Bonchev–Trinajstić information content (AvgIpc) is 3.09. The first-order chi connectivity index (χ1) is 14.3. The van der Waals surface area contributed by atoms with Gasteiger partial charge in [0.05, 0.1) is 23.7 Å². The lowest BCUT2D eigenvalue weighted by Crippen LogP contribution is -2.54. The molecule has 6 nitrogen and oxygen atoms in total. The highest BCUT2D eigenvalue weighted by Gasteiger charge is 2.58. The number of nitrogens with two attached hydrogens (primary N) is 1. The van der Waals surface area contributed by atoms with Crippen LogP contribution in [-0.4, -0.2) is 30.0 Å². The maximum Gasteiger partial charge on any atom is 0.244 e. The van der Waals surface area contributed by atoms with Crippen molar-refractivity contribution in [2.24, 2.45) is 16.8 Å². The second-order valence-electron chi connectivity index (χ2n) is 7.01. The van der Waals surface area contributed by atoms with E-state index in [1.54, 1.807) is 0 Å². The second-order valence-corrected chi connectivity index (χ2v) is 7.01. The monoisotopic (exact) mass is 423 g/mol. The number of benzene rings is 2. The van der Waals surface area contributed by atoms with Gasteiger partial charge in [0, 0.05) is 13.0 Å². The van der Waals surface area contributed by atoms with E-state index in [-0.39, 0.29) is 42.3 Å². The number of hydrogen-bond acceptors (Lipinski definition) is 5. The van der Waals surface area contributed by atoms with E-state index >= 15 is 0 Å². The fourth-order valence-corrected chi connectivity index (χ4v) is 3.81.